The predicted octanol–water partition coefficient (Wildman–Crippen LogP) is 1.52. The molecule has 2 heterocycles. The Labute approximate surface area is 129 Å². The Morgan fingerprint density at radius 1 is 1.27 bits per heavy atom. The first-order valence-corrected chi connectivity index (χ1v) is 7.42. The van der Waals surface area contributed by atoms with Crippen LogP contribution in [0.2, 0.25) is 0 Å². The lowest BCUT2D eigenvalue weighted by Crippen LogP contribution is -2.48. The molecule has 0 aliphatic carbocycles. The number of carbonyl (C=O) groups excluding carboxylic acids is 1. The fourth-order valence-electron chi connectivity index (χ4n) is 2.69. The van der Waals surface area contributed by atoms with Crippen LogP contribution in [0.3, 0.4) is 0 Å². The van der Waals surface area contributed by atoms with Gasteiger partial charge in [-0.05, 0) is 19.1 Å². The van der Waals surface area contributed by atoms with Crippen molar-refractivity contribution in [1.29, 1.82) is 0 Å². The molecule has 6 nitrogen and oxygen atoms in total. The van der Waals surface area contributed by atoms with Crippen molar-refractivity contribution in [3.05, 3.63) is 47.3 Å². The van der Waals surface area contributed by atoms with Gasteiger partial charge in [0.15, 0.2) is 0 Å². The number of nitrogen functional groups attached to an aromatic ring is 1. The fourth-order valence-corrected chi connectivity index (χ4v) is 2.69. The molecule has 2 aromatic rings. The number of aryl methyl sites for hydroxylation is 1. The first kappa shape index (κ1) is 14.6. The zero-order valence-corrected chi connectivity index (χ0v) is 12.7. The highest BCUT2D eigenvalue weighted by molar-refractivity contribution is 5.99. The minimum atomic E-state index is 0.00929. The van der Waals surface area contributed by atoms with Crippen molar-refractivity contribution < 1.29 is 9.32 Å². The predicted molar refractivity (Wildman–Crippen MR) is 83.3 cm³/mol. The molecule has 0 radical (unpaired) electrons. The van der Waals surface area contributed by atoms with Gasteiger partial charge >= 0.3 is 0 Å². The lowest BCUT2D eigenvalue weighted by atomic mass is 10.1. The van der Waals surface area contributed by atoms with E-state index in [0.29, 0.717) is 24.3 Å². The number of hydrogen-bond acceptors (Lipinski definition) is 5. The van der Waals surface area contributed by atoms with Gasteiger partial charge in [0, 0.05) is 44.5 Å². The second kappa shape index (κ2) is 6.19. The summed E-state index contributed by atoms with van der Waals surface area (Å²) in [7, 11) is 0. The van der Waals surface area contributed by atoms with Crippen LogP contribution in [0.4, 0.5) is 5.69 Å². The summed E-state index contributed by atoms with van der Waals surface area (Å²) >= 11 is 0. The lowest BCUT2D eigenvalue weighted by molar-refractivity contribution is 0.0626. The molecule has 116 valence electrons. The maximum Gasteiger partial charge on any atom is 0.256 e. The number of nitrogens with two attached hydrogens (primary N) is 1. The summed E-state index contributed by atoms with van der Waals surface area (Å²) in [6, 6.07) is 9.16. The normalized spacial score (nSPS) is 16.0. The van der Waals surface area contributed by atoms with Crippen LogP contribution in [0.15, 0.2) is 34.9 Å². The van der Waals surface area contributed by atoms with Crippen LogP contribution in [0.25, 0.3) is 0 Å². The number of para-hydroxylation sites is 1. The molecule has 1 amide bonds. The van der Waals surface area contributed by atoms with Crippen molar-refractivity contribution in [1.82, 2.24) is 15.0 Å². The summed E-state index contributed by atoms with van der Waals surface area (Å²) in [4.78, 5) is 16.6. The lowest BCUT2D eigenvalue weighted by Gasteiger charge is -2.34. The minimum Gasteiger partial charge on any atom is -0.398 e. The van der Waals surface area contributed by atoms with Crippen molar-refractivity contribution in [3.8, 4) is 0 Å². The van der Waals surface area contributed by atoms with Gasteiger partial charge in [0.05, 0.1) is 11.3 Å². The van der Waals surface area contributed by atoms with E-state index in [4.69, 9.17) is 10.3 Å². The van der Waals surface area contributed by atoms with E-state index >= 15 is 0 Å². The van der Waals surface area contributed by atoms with Crippen LogP contribution < -0.4 is 5.73 Å². The number of anilines is 1. The van der Waals surface area contributed by atoms with Crippen LogP contribution in [0.1, 0.15) is 21.8 Å². The van der Waals surface area contributed by atoms with E-state index in [-0.39, 0.29) is 5.91 Å². The molecule has 6 heteroatoms. The summed E-state index contributed by atoms with van der Waals surface area (Å²) in [5, 5.41) is 4.01. The smallest absolute Gasteiger partial charge is 0.256 e. The molecule has 0 atom stereocenters. The molecule has 0 bridgehead atoms. The first-order chi connectivity index (χ1) is 10.6. The molecule has 0 unspecified atom stereocenters. The molecule has 22 heavy (non-hydrogen) atoms. The van der Waals surface area contributed by atoms with E-state index in [9.17, 15) is 4.79 Å². The Bertz CT molecular complexity index is 660. The summed E-state index contributed by atoms with van der Waals surface area (Å²) in [6.07, 6.45) is 0. The fraction of sp³-hybridized carbons (Fsp3) is 0.375. The number of benzene rings is 1. The van der Waals surface area contributed by atoms with Crippen LogP contribution in [-0.2, 0) is 6.54 Å². The van der Waals surface area contributed by atoms with Crippen LogP contribution >= 0.6 is 0 Å². The summed E-state index contributed by atoms with van der Waals surface area (Å²) in [6.45, 7) is 5.69. The zero-order valence-electron chi connectivity index (χ0n) is 12.7. The molecule has 0 saturated carbocycles. The third-order valence-electron chi connectivity index (χ3n) is 3.91. The van der Waals surface area contributed by atoms with Gasteiger partial charge in [-0.25, -0.2) is 0 Å². The Balaban J connectivity index is 1.57. The number of hydrogen-bond donors (Lipinski definition) is 1. The Hall–Kier alpha value is -2.34. The number of rotatable bonds is 3. The highest BCUT2D eigenvalue weighted by atomic mass is 16.5. The van der Waals surface area contributed by atoms with Crippen LogP contribution in [0.5, 0.6) is 0 Å². The first-order valence-electron chi connectivity index (χ1n) is 7.42. The van der Waals surface area contributed by atoms with Crippen molar-refractivity contribution >= 4 is 11.6 Å². The number of aromatic nitrogens is 1. The third kappa shape index (κ3) is 3.12. The molecule has 1 fully saturated rings. The van der Waals surface area contributed by atoms with Gasteiger partial charge in [-0.1, -0.05) is 17.3 Å². The molecule has 0 spiro atoms. The molecular weight excluding hydrogens is 280 g/mol. The third-order valence-corrected chi connectivity index (χ3v) is 3.91. The minimum absolute atomic E-state index is 0.00929. The molecule has 1 aliphatic heterocycles. The topological polar surface area (TPSA) is 75.6 Å². The second-order valence-corrected chi connectivity index (χ2v) is 5.58. The molecule has 1 aromatic heterocycles. The van der Waals surface area contributed by atoms with E-state index in [1.807, 2.05) is 30.0 Å². The van der Waals surface area contributed by atoms with Gasteiger partial charge < -0.3 is 15.2 Å². The van der Waals surface area contributed by atoms with Crippen LogP contribution in [-0.4, -0.2) is 47.0 Å². The summed E-state index contributed by atoms with van der Waals surface area (Å²) in [5.41, 5.74) is 7.94. The summed E-state index contributed by atoms with van der Waals surface area (Å²) in [5.74, 6) is 0.832. The number of piperazine rings is 1. The van der Waals surface area contributed by atoms with Gasteiger partial charge in [0.25, 0.3) is 5.91 Å². The average molecular weight is 300 g/mol. The van der Waals surface area contributed by atoms with E-state index in [0.717, 1.165) is 31.1 Å². The molecule has 1 aromatic carbocycles. The van der Waals surface area contributed by atoms with Gasteiger partial charge in [0.1, 0.15) is 5.76 Å². The highest BCUT2D eigenvalue weighted by Crippen LogP contribution is 2.16. The Morgan fingerprint density at radius 2 is 2.00 bits per heavy atom. The molecule has 1 aliphatic rings. The number of nitrogens with zero attached hydrogens (tertiary/aromatic N) is 3. The van der Waals surface area contributed by atoms with Gasteiger partial charge in [-0.2, -0.15) is 0 Å². The molecule has 3 rings (SSSR count). The van der Waals surface area contributed by atoms with E-state index in [2.05, 4.69) is 10.1 Å². The highest BCUT2D eigenvalue weighted by Gasteiger charge is 2.23. The maximum atomic E-state index is 12.5. The molecule has 1 saturated heterocycles. The monoisotopic (exact) mass is 300 g/mol. The van der Waals surface area contributed by atoms with Gasteiger partial charge in [-0.3, -0.25) is 9.69 Å². The van der Waals surface area contributed by atoms with Gasteiger partial charge in [-0.15, -0.1) is 0 Å². The molecular formula is C16H20N4O2. The standard InChI is InChI=1S/C16H20N4O2/c1-12-10-13(18-22-12)11-19-6-8-20(9-7-19)16(21)14-4-2-3-5-15(14)17/h2-5,10H,6-9,11,17H2,1H3. The van der Waals surface area contributed by atoms with Gasteiger partial charge in [0.2, 0.25) is 0 Å². The SMILES string of the molecule is Cc1cc(CN2CCN(C(=O)c3ccccc3N)CC2)no1. The zero-order chi connectivity index (χ0) is 15.5. The maximum absolute atomic E-state index is 12.5. The van der Waals surface area contributed by atoms with E-state index in [1.165, 1.54) is 0 Å². The van der Waals surface area contributed by atoms with E-state index in [1.54, 1.807) is 12.1 Å². The van der Waals surface area contributed by atoms with Crippen molar-refractivity contribution in [2.45, 2.75) is 13.5 Å². The van der Waals surface area contributed by atoms with Crippen molar-refractivity contribution in [2.75, 3.05) is 31.9 Å². The largest absolute Gasteiger partial charge is 0.398 e. The van der Waals surface area contributed by atoms with Crippen molar-refractivity contribution in [2.24, 2.45) is 0 Å². The Kier molecular flexibility index (Phi) is 4.11. The van der Waals surface area contributed by atoms with Crippen LogP contribution in [0, 0.1) is 6.92 Å². The summed E-state index contributed by atoms with van der Waals surface area (Å²) < 4.78 is 5.08. The quantitative estimate of drug-likeness (QED) is 0.870. The van der Waals surface area contributed by atoms with E-state index < -0.39 is 0 Å². The average Bonchev–Trinajstić information content (AvgIpc) is 2.93. The molecule has 2 N–H and O–H groups in total. The number of carbonyl (C=O) groups is 1. The Morgan fingerprint density at radius 3 is 2.64 bits per heavy atom. The second-order valence-electron chi connectivity index (χ2n) is 5.58. The number of amides is 1. The van der Waals surface area contributed by atoms with Crippen molar-refractivity contribution in [3.63, 3.8) is 0 Å².